The first-order valence-electron chi connectivity index (χ1n) is 6.05. The van der Waals surface area contributed by atoms with E-state index in [1.54, 1.807) is 0 Å². The summed E-state index contributed by atoms with van der Waals surface area (Å²) in [6.45, 7) is 4.29. The normalized spacial score (nSPS) is 9.43. The van der Waals surface area contributed by atoms with Gasteiger partial charge in [0.2, 0.25) is 0 Å². The smallest absolute Gasteiger partial charge is 0.0662 e. The monoisotopic (exact) mass is 204 g/mol. The van der Waals surface area contributed by atoms with E-state index in [1.807, 2.05) is 0 Å². The van der Waals surface area contributed by atoms with Crippen molar-refractivity contribution in [3.8, 4) is 0 Å². The Kier molecular flexibility index (Phi) is 21.8. The van der Waals surface area contributed by atoms with Gasteiger partial charge in [-0.15, -0.1) is 0 Å². The van der Waals surface area contributed by atoms with Gasteiger partial charge in [-0.1, -0.05) is 65.2 Å². The van der Waals surface area contributed by atoms with E-state index >= 15 is 0 Å². The molecule has 0 aliphatic carbocycles. The Hall–Kier alpha value is -0.0800. The van der Waals surface area contributed by atoms with Gasteiger partial charge < -0.3 is 10.2 Å². The lowest BCUT2D eigenvalue weighted by Gasteiger charge is -1.97. The zero-order valence-corrected chi connectivity index (χ0v) is 9.97. The molecule has 0 aromatic carbocycles. The van der Waals surface area contributed by atoms with Crippen molar-refractivity contribution in [1.29, 1.82) is 0 Å². The van der Waals surface area contributed by atoms with Crippen LogP contribution in [-0.4, -0.2) is 23.4 Å². The second-order valence-electron chi connectivity index (χ2n) is 3.57. The van der Waals surface area contributed by atoms with E-state index in [-0.39, 0.29) is 13.2 Å². The van der Waals surface area contributed by atoms with Crippen molar-refractivity contribution in [3.05, 3.63) is 0 Å². The largest absolute Gasteiger partial charge is 0.394 e. The molecule has 0 amide bonds. The molecule has 0 unspecified atom stereocenters. The fraction of sp³-hybridized carbons (Fsp3) is 1.00. The van der Waals surface area contributed by atoms with Gasteiger partial charge in [0, 0.05) is 0 Å². The average molecular weight is 204 g/mol. The molecule has 0 rings (SSSR count). The number of rotatable bonds is 8. The molecule has 0 spiro atoms. The van der Waals surface area contributed by atoms with Crippen LogP contribution in [0.3, 0.4) is 0 Å². The number of aliphatic hydroxyl groups excluding tert-OH is 2. The molecule has 0 bridgehead atoms. The van der Waals surface area contributed by atoms with Crippen LogP contribution in [0.5, 0.6) is 0 Å². The van der Waals surface area contributed by atoms with Crippen LogP contribution in [0.1, 0.15) is 65.2 Å². The van der Waals surface area contributed by atoms with Crippen LogP contribution in [-0.2, 0) is 0 Å². The molecule has 2 heteroatoms. The van der Waals surface area contributed by atoms with Crippen molar-refractivity contribution in [2.24, 2.45) is 0 Å². The number of unbranched alkanes of at least 4 members (excludes halogenated alkanes) is 7. The maximum absolute atomic E-state index is 7.62. The van der Waals surface area contributed by atoms with Gasteiger partial charge >= 0.3 is 0 Å². The van der Waals surface area contributed by atoms with Crippen molar-refractivity contribution in [3.63, 3.8) is 0 Å². The van der Waals surface area contributed by atoms with Crippen LogP contribution in [0.2, 0.25) is 0 Å². The Morgan fingerprint density at radius 3 is 1.07 bits per heavy atom. The van der Waals surface area contributed by atoms with E-state index in [0.717, 1.165) is 0 Å². The third kappa shape index (κ3) is 22.7. The highest BCUT2D eigenvalue weighted by molar-refractivity contribution is 4.43. The molecule has 0 radical (unpaired) electrons. The molecule has 2 nitrogen and oxygen atoms in total. The first-order valence-corrected chi connectivity index (χ1v) is 6.05. The summed E-state index contributed by atoms with van der Waals surface area (Å²) in [5, 5.41) is 15.2. The lowest BCUT2D eigenvalue weighted by atomic mass is 10.1. The predicted molar refractivity (Wildman–Crippen MR) is 62.5 cm³/mol. The van der Waals surface area contributed by atoms with Crippen molar-refractivity contribution in [2.45, 2.75) is 65.2 Å². The first kappa shape index (κ1) is 16.4. The molecule has 0 aliphatic rings. The molecule has 0 fully saturated rings. The van der Waals surface area contributed by atoms with Crippen LogP contribution < -0.4 is 0 Å². The minimum atomic E-state index is -0.125. The maximum atomic E-state index is 7.62. The third-order valence-corrected chi connectivity index (χ3v) is 2.06. The van der Waals surface area contributed by atoms with E-state index in [2.05, 4.69) is 13.8 Å². The van der Waals surface area contributed by atoms with Gasteiger partial charge in [0.05, 0.1) is 13.2 Å². The van der Waals surface area contributed by atoms with Gasteiger partial charge in [0.1, 0.15) is 0 Å². The molecule has 88 valence electrons. The second-order valence-corrected chi connectivity index (χ2v) is 3.57. The highest BCUT2D eigenvalue weighted by atomic mass is 16.3. The average Bonchev–Trinajstić information content (AvgIpc) is 2.24. The zero-order valence-electron chi connectivity index (χ0n) is 9.97. The van der Waals surface area contributed by atoms with Gasteiger partial charge in [-0.05, 0) is 0 Å². The van der Waals surface area contributed by atoms with E-state index < -0.39 is 0 Å². The molecule has 0 atom stereocenters. The van der Waals surface area contributed by atoms with Gasteiger partial charge in [0.15, 0.2) is 0 Å². The predicted octanol–water partition coefficient (Wildman–Crippen LogP) is 3.12. The molecule has 0 aromatic rings. The zero-order chi connectivity index (χ0) is 11.1. The molecular weight excluding hydrogens is 176 g/mol. The summed E-state index contributed by atoms with van der Waals surface area (Å²) in [4.78, 5) is 0. The van der Waals surface area contributed by atoms with Gasteiger partial charge in [-0.25, -0.2) is 0 Å². The number of hydrogen-bond donors (Lipinski definition) is 2. The molecule has 2 N–H and O–H groups in total. The van der Waals surface area contributed by atoms with Gasteiger partial charge in [-0.2, -0.15) is 0 Å². The van der Waals surface area contributed by atoms with E-state index in [9.17, 15) is 0 Å². The third-order valence-electron chi connectivity index (χ3n) is 2.06. The Labute approximate surface area is 89.3 Å². The Balaban J connectivity index is 0. The maximum Gasteiger partial charge on any atom is 0.0662 e. The molecular formula is C12H28O2. The molecule has 14 heavy (non-hydrogen) atoms. The molecule has 0 heterocycles. The minimum Gasteiger partial charge on any atom is -0.394 e. The van der Waals surface area contributed by atoms with E-state index in [4.69, 9.17) is 10.2 Å². The number of aliphatic hydroxyl groups is 2. The van der Waals surface area contributed by atoms with Crippen LogP contribution in [0.15, 0.2) is 0 Å². The van der Waals surface area contributed by atoms with Crippen LogP contribution in [0, 0.1) is 0 Å². The molecule has 0 aromatic heterocycles. The summed E-state index contributed by atoms with van der Waals surface area (Å²) in [6, 6.07) is 0. The van der Waals surface area contributed by atoms with E-state index in [1.165, 1.54) is 51.4 Å². The van der Waals surface area contributed by atoms with Crippen LogP contribution in [0.25, 0.3) is 0 Å². The highest BCUT2D eigenvalue weighted by Crippen LogP contribution is 2.07. The highest BCUT2D eigenvalue weighted by Gasteiger charge is 1.87. The Bertz CT molecular complexity index is 64.7. The lowest BCUT2D eigenvalue weighted by Crippen LogP contribution is -1.85. The van der Waals surface area contributed by atoms with Gasteiger partial charge in [-0.3, -0.25) is 0 Å². The SMILES string of the molecule is CCCCCCCCCC.OCCO. The summed E-state index contributed by atoms with van der Waals surface area (Å²) >= 11 is 0. The van der Waals surface area contributed by atoms with Crippen LogP contribution >= 0.6 is 0 Å². The van der Waals surface area contributed by atoms with Crippen molar-refractivity contribution in [1.82, 2.24) is 0 Å². The second kappa shape index (κ2) is 18.7. The number of hydrogen-bond acceptors (Lipinski definition) is 2. The minimum absolute atomic E-state index is 0.125. The van der Waals surface area contributed by atoms with Crippen molar-refractivity contribution in [2.75, 3.05) is 13.2 Å². The summed E-state index contributed by atoms with van der Waals surface area (Å²) in [5.74, 6) is 0. The fourth-order valence-electron chi connectivity index (χ4n) is 1.21. The fourth-order valence-corrected chi connectivity index (χ4v) is 1.21. The quantitative estimate of drug-likeness (QED) is 0.596. The standard InChI is InChI=1S/C10H22.C2H6O2/c1-3-5-7-9-10-8-6-4-2;3-1-2-4/h3-10H2,1-2H3;3-4H,1-2H2. The van der Waals surface area contributed by atoms with E-state index in [0.29, 0.717) is 0 Å². The summed E-state index contributed by atoms with van der Waals surface area (Å²) in [7, 11) is 0. The van der Waals surface area contributed by atoms with Gasteiger partial charge in [0.25, 0.3) is 0 Å². The summed E-state index contributed by atoms with van der Waals surface area (Å²) < 4.78 is 0. The Morgan fingerprint density at radius 1 is 0.571 bits per heavy atom. The summed E-state index contributed by atoms with van der Waals surface area (Å²) in [5.41, 5.74) is 0. The first-order chi connectivity index (χ1) is 6.83. The topological polar surface area (TPSA) is 40.5 Å². The molecule has 0 aliphatic heterocycles. The van der Waals surface area contributed by atoms with Crippen molar-refractivity contribution < 1.29 is 10.2 Å². The van der Waals surface area contributed by atoms with Crippen LogP contribution in [0.4, 0.5) is 0 Å². The molecule has 0 saturated heterocycles. The molecule has 0 saturated carbocycles. The van der Waals surface area contributed by atoms with Crippen molar-refractivity contribution >= 4 is 0 Å². The lowest BCUT2D eigenvalue weighted by molar-refractivity contribution is 0.186. The summed E-state index contributed by atoms with van der Waals surface area (Å²) in [6.07, 6.45) is 11.5. The Morgan fingerprint density at radius 2 is 0.857 bits per heavy atom.